The molecule has 0 aromatic heterocycles. The van der Waals surface area contributed by atoms with Crippen molar-refractivity contribution in [3.8, 4) is 0 Å². The normalized spacial score (nSPS) is 16.2. The van der Waals surface area contributed by atoms with Crippen molar-refractivity contribution in [3.05, 3.63) is 34.9 Å². The predicted octanol–water partition coefficient (Wildman–Crippen LogP) is 1.65. The molecule has 0 bridgehead atoms. The SMILES string of the molecule is CC1(CNC(=O)CNC(=O)NCc2ccc(Cl)cc2)CCNCC1. The molecule has 132 valence electrons. The number of benzene rings is 1. The quantitative estimate of drug-likeness (QED) is 0.628. The molecule has 2 rings (SSSR count). The lowest BCUT2D eigenvalue weighted by Gasteiger charge is -2.34. The summed E-state index contributed by atoms with van der Waals surface area (Å²) in [5.74, 6) is -0.170. The van der Waals surface area contributed by atoms with Crippen LogP contribution in [0, 0.1) is 5.41 Å². The number of carbonyl (C=O) groups excluding carboxylic acids is 2. The Hall–Kier alpha value is -1.79. The van der Waals surface area contributed by atoms with Crippen molar-refractivity contribution in [1.29, 1.82) is 0 Å². The molecule has 0 atom stereocenters. The molecule has 1 aliphatic rings. The van der Waals surface area contributed by atoms with Gasteiger partial charge in [-0.2, -0.15) is 0 Å². The zero-order valence-corrected chi connectivity index (χ0v) is 14.7. The van der Waals surface area contributed by atoms with E-state index in [2.05, 4.69) is 28.2 Å². The van der Waals surface area contributed by atoms with Gasteiger partial charge in [0.25, 0.3) is 0 Å². The summed E-state index contributed by atoms with van der Waals surface area (Å²) in [4.78, 5) is 23.6. The van der Waals surface area contributed by atoms with Crippen molar-refractivity contribution in [2.75, 3.05) is 26.2 Å². The summed E-state index contributed by atoms with van der Waals surface area (Å²) >= 11 is 5.81. The van der Waals surface area contributed by atoms with E-state index in [0.717, 1.165) is 31.5 Å². The predicted molar refractivity (Wildman–Crippen MR) is 94.9 cm³/mol. The first-order chi connectivity index (χ1) is 11.5. The van der Waals surface area contributed by atoms with E-state index in [1.807, 2.05) is 12.1 Å². The molecule has 1 aromatic rings. The van der Waals surface area contributed by atoms with Crippen molar-refractivity contribution in [1.82, 2.24) is 21.3 Å². The monoisotopic (exact) mass is 352 g/mol. The molecule has 7 heteroatoms. The molecule has 0 aliphatic carbocycles. The number of nitrogens with one attached hydrogen (secondary N) is 4. The Balaban J connectivity index is 1.62. The second-order valence-corrected chi connectivity index (χ2v) is 6.94. The smallest absolute Gasteiger partial charge is 0.315 e. The number of hydrogen-bond acceptors (Lipinski definition) is 3. The Morgan fingerprint density at radius 2 is 1.79 bits per heavy atom. The Morgan fingerprint density at radius 3 is 2.46 bits per heavy atom. The fourth-order valence-corrected chi connectivity index (χ4v) is 2.72. The Bertz CT molecular complexity index is 556. The van der Waals surface area contributed by atoms with Crippen LogP contribution < -0.4 is 21.3 Å². The van der Waals surface area contributed by atoms with Crippen LogP contribution in [-0.2, 0) is 11.3 Å². The van der Waals surface area contributed by atoms with Gasteiger partial charge in [0.05, 0.1) is 6.54 Å². The number of carbonyl (C=O) groups is 2. The van der Waals surface area contributed by atoms with Crippen molar-refractivity contribution in [3.63, 3.8) is 0 Å². The summed E-state index contributed by atoms with van der Waals surface area (Å²) in [5.41, 5.74) is 1.08. The number of rotatable bonds is 6. The Morgan fingerprint density at radius 1 is 1.12 bits per heavy atom. The molecule has 3 amide bonds. The van der Waals surface area contributed by atoms with Crippen molar-refractivity contribution in [2.45, 2.75) is 26.3 Å². The largest absolute Gasteiger partial charge is 0.354 e. The van der Waals surface area contributed by atoms with Crippen LogP contribution in [0.15, 0.2) is 24.3 Å². The molecule has 1 aromatic carbocycles. The minimum absolute atomic E-state index is 0.0270. The molecule has 4 N–H and O–H groups in total. The number of urea groups is 1. The maximum Gasteiger partial charge on any atom is 0.315 e. The second kappa shape index (κ2) is 8.89. The maximum absolute atomic E-state index is 11.9. The van der Waals surface area contributed by atoms with Gasteiger partial charge in [0.1, 0.15) is 0 Å². The lowest BCUT2D eigenvalue weighted by Crippen LogP contribution is -2.46. The molecule has 0 spiro atoms. The lowest BCUT2D eigenvalue weighted by atomic mass is 9.81. The van der Waals surface area contributed by atoms with Gasteiger partial charge >= 0.3 is 6.03 Å². The summed E-state index contributed by atoms with van der Waals surface area (Å²) in [6.07, 6.45) is 2.09. The van der Waals surface area contributed by atoms with Crippen LogP contribution in [0.25, 0.3) is 0 Å². The van der Waals surface area contributed by atoms with E-state index < -0.39 is 0 Å². The highest BCUT2D eigenvalue weighted by molar-refractivity contribution is 6.30. The van der Waals surface area contributed by atoms with Crippen LogP contribution in [0.1, 0.15) is 25.3 Å². The maximum atomic E-state index is 11.9. The van der Waals surface area contributed by atoms with E-state index in [9.17, 15) is 9.59 Å². The first-order valence-corrected chi connectivity index (χ1v) is 8.58. The highest BCUT2D eigenvalue weighted by atomic mass is 35.5. The van der Waals surface area contributed by atoms with Gasteiger partial charge in [0.15, 0.2) is 0 Å². The third-order valence-electron chi connectivity index (χ3n) is 4.30. The molecule has 1 aliphatic heterocycles. The van der Waals surface area contributed by atoms with Crippen molar-refractivity contribution >= 4 is 23.5 Å². The molecule has 1 saturated heterocycles. The number of amides is 3. The number of halogens is 1. The Kier molecular flexibility index (Phi) is 6.87. The average Bonchev–Trinajstić information content (AvgIpc) is 2.58. The van der Waals surface area contributed by atoms with Gasteiger partial charge in [-0.3, -0.25) is 4.79 Å². The summed E-state index contributed by atoms with van der Waals surface area (Å²) < 4.78 is 0. The van der Waals surface area contributed by atoms with Gasteiger partial charge in [-0.25, -0.2) is 4.79 Å². The van der Waals surface area contributed by atoms with E-state index in [4.69, 9.17) is 11.6 Å². The molecule has 24 heavy (non-hydrogen) atoms. The van der Waals surface area contributed by atoms with E-state index in [1.54, 1.807) is 12.1 Å². The van der Waals surface area contributed by atoms with Crippen LogP contribution in [0.4, 0.5) is 4.79 Å². The van der Waals surface area contributed by atoms with E-state index in [-0.39, 0.29) is 23.9 Å². The van der Waals surface area contributed by atoms with Gasteiger partial charge in [-0.15, -0.1) is 0 Å². The summed E-state index contributed by atoms with van der Waals surface area (Å²) in [6, 6.07) is 6.86. The first kappa shape index (κ1) is 18.5. The molecule has 0 unspecified atom stereocenters. The summed E-state index contributed by atoms with van der Waals surface area (Å²) in [7, 11) is 0. The van der Waals surface area contributed by atoms with Crippen LogP contribution >= 0.6 is 11.6 Å². The topological polar surface area (TPSA) is 82.3 Å². The molecule has 1 fully saturated rings. The number of hydrogen-bond donors (Lipinski definition) is 4. The van der Waals surface area contributed by atoms with Gasteiger partial charge in [-0.1, -0.05) is 30.7 Å². The highest BCUT2D eigenvalue weighted by Crippen LogP contribution is 2.26. The van der Waals surface area contributed by atoms with Crippen molar-refractivity contribution < 1.29 is 9.59 Å². The van der Waals surface area contributed by atoms with Crippen LogP contribution in [0.2, 0.25) is 5.02 Å². The molecule has 0 saturated carbocycles. The average molecular weight is 353 g/mol. The van der Waals surface area contributed by atoms with Crippen molar-refractivity contribution in [2.24, 2.45) is 5.41 Å². The summed E-state index contributed by atoms with van der Waals surface area (Å²) in [5, 5.41) is 12.1. The first-order valence-electron chi connectivity index (χ1n) is 8.20. The summed E-state index contributed by atoms with van der Waals surface area (Å²) in [6.45, 7) is 5.15. The van der Waals surface area contributed by atoms with Crippen LogP contribution in [-0.4, -0.2) is 38.1 Å². The second-order valence-electron chi connectivity index (χ2n) is 6.50. The zero-order valence-electron chi connectivity index (χ0n) is 14.0. The van der Waals surface area contributed by atoms with Crippen LogP contribution in [0.3, 0.4) is 0 Å². The highest BCUT2D eigenvalue weighted by Gasteiger charge is 2.26. The molecular formula is C17H25ClN4O2. The minimum Gasteiger partial charge on any atom is -0.354 e. The van der Waals surface area contributed by atoms with E-state index in [0.29, 0.717) is 18.1 Å². The molecule has 0 radical (unpaired) electrons. The van der Waals surface area contributed by atoms with E-state index >= 15 is 0 Å². The third kappa shape index (κ3) is 6.37. The van der Waals surface area contributed by atoms with Gasteiger partial charge in [0.2, 0.25) is 5.91 Å². The number of piperidine rings is 1. The minimum atomic E-state index is -0.367. The third-order valence-corrected chi connectivity index (χ3v) is 4.55. The fraction of sp³-hybridized carbons (Fsp3) is 0.529. The standard InChI is InChI=1S/C17H25ClN4O2/c1-17(6-8-19-9-7-17)12-22-15(23)11-21-16(24)20-10-13-2-4-14(18)5-3-13/h2-5,19H,6-12H2,1H3,(H,22,23)(H2,20,21,24). The van der Waals surface area contributed by atoms with Gasteiger partial charge in [0, 0.05) is 18.1 Å². The zero-order chi connectivity index (χ0) is 17.4. The van der Waals surface area contributed by atoms with Crippen LogP contribution in [0.5, 0.6) is 0 Å². The fourth-order valence-electron chi connectivity index (χ4n) is 2.59. The lowest BCUT2D eigenvalue weighted by molar-refractivity contribution is -0.120. The van der Waals surface area contributed by atoms with E-state index in [1.165, 1.54) is 0 Å². The van der Waals surface area contributed by atoms with Gasteiger partial charge in [-0.05, 0) is 49.0 Å². The molecule has 1 heterocycles. The molecular weight excluding hydrogens is 328 g/mol. The molecule has 6 nitrogen and oxygen atoms in total. The van der Waals surface area contributed by atoms with Gasteiger partial charge < -0.3 is 21.3 Å². The Labute approximate surface area is 147 Å².